The normalized spacial score (nSPS) is 11.8. The molecule has 1 N–H and O–H groups in total. The molecule has 1 atom stereocenters. The van der Waals surface area contributed by atoms with Gasteiger partial charge in [0, 0.05) is 6.42 Å². The first-order valence-electron chi connectivity index (χ1n) is 4.58. The molecule has 0 aliphatic rings. The minimum atomic E-state index is -0.435. The summed E-state index contributed by atoms with van der Waals surface area (Å²) in [6.45, 7) is 2.26. The zero-order valence-corrected chi connectivity index (χ0v) is 8.23. The Morgan fingerprint density at radius 3 is 2.57 bits per heavy atom. The van der Waals surface area contributed by atoms with Crippen molar-refractivity contribution in [1.29, 1.82) is 0 Å². The second-order valence-electron chi connectivity index (χ2n) is 3.05. The zero-order valence-electron chi connectivity index (χ0n) is 8.23. The summed E-state index contributed by atoms with van der Waals surface area (Å²) in [5, 5.41) is 9.26. The lowest BCUT2D eigenvalue weighted by molar-refractivity contribution is 0.199. The number of terminal acetylenes is 1. The van der Waals surface area contributed by atoms with Crippen LogP contribution in [0, 0.1) is 12.3 Å². The summed E-state index contributed by atoms with van der Waals surface area (Å²) in [5.41, 5.74) is 0.884. The van der Waals surface area contributed by atoms with Gasteiger partial charge in [-0.05, 0) is 24.6 Å². The number of aliphatic hydroxyl groups is 1. The van der Waals surface area contributed by atoms with E-state index in [1.165, 1.54) is 0 Å². The predicted molar refractivity (Wildman–Crippen MR) is 56.0 cm³/mol. The zero-order chi connectivity index (χ0) is 10.4. The van der Waals surface area contributed by atoms with Crippen molar-refractivity contribution in [1.82, 2.24) is 0 Å². The highest BCUT2D eigenvalue weighted by atomic mass is 16.5. The van der Waals surface area contributed by atoms with Gasteiger partial charge in [0.1, 0.15) is 5.75 Å². The molecule has 14 heavy (non-hydrogen) atoms. The highest BCUT2D eigenvalue weighted by Gasteiger charge is 1.99. The summed E-state index contributed by atoms with van der Waals surface area (Å²) in [5.74, 6) is 3.28. The smallest absolute Gasteiger partial charge is 0.119 e. The molecule has 0 saturated heterocycles. The first-order chi connectivity index (χ1) is 6.74. The number of benzene rings is 1. The van der Waals surface area contributed by atoms with E-state index >= 15 is 0 Å². The van der Waals surface area contributed by atoms with Crippen LogP contribution in [0.5, 0.6) is 5.75 Å². The highest BCUT2D eigenvalue weighted by molar-refractivity contribution is 5.28. The van der Waals surface area contributed by atoms with E-state index in [4.69, 9.17) is 11.2 Å². The molecule has 2 heteroatoms. The van der Waals surface area contributed by atoms with Crippen molar-refractivity contribution < 1.29 is 9.84 Å². The molecule has 0 bridgehead atoms. The first kappa shape index (κ1) is 10.6. The van der Waals surface area contributed by atoms with Crippen molar-refractivity contribution in [2.45, 2.75) is 19.4 Å². The van der Waals surface area contributed by atoms with Gasteiger partial charge >= 0.3 is 0 Å². The largest absolute Gasteiger partial charge is 0.493 e. The Morgan fingerprint density at radius 2 is 2.07 bits per heavy atom. The van der Waals surface area contributed by atoms with Gasteiger partial charge < -0.3 is 9.84 Å². The van der Waals surface area contributed by atoms with Gasteiger partial charge in [-0.3, -0.25) is 0 Å². The average Bonchev–Trinajstić information content (AvgIpc) is 2.19. The van der Waals surface area contributed by atoms with E-state index in [9.17, 15) is 5.11 Å². The van der Waals surface area contributed by atoms with Crippen molar-refractivity contribution in [3.8, 4) is 18.1 Å². The van der Waals surface area contributed by atoms with Crippen LogP contribution in [0.25, 0.3) is 0 Å². The van der Waals surface area contributed by atoms with Gasteiger partial charge in [0.25, 0.3) is 0 Å². The fraction of sp³-hybridized carbons (Fsp3) is 0.333. The van der Waals surface area contributed by atoms with Gasteiger partial charge in [0.2, 0.25) is 0 Å². The van der Waals surface area contributed by atoms with Gasteiger partial charge in [0.15, 0.2) is 0 Å². The number of hydrogen-bond donors (Lipinski definition) is 1. The SMILES string of the molecule is C#CCCOc1ccc([C@@H](C)O)cc1. The molecule has 0 spiro atoms. The topological polar surface area (TPSA) is 29.5 Å². The standard InChI is InChI=1S/C12H14O2/c1-3-4-9-14-12-7-5-11(6-8-12)10(2)13/h1,5-8,10,13H,4,9H2,2H3/t10-/m1/s1. The molecule has 0 unspecified atom stereocenters. The van der Waals surface area contributed by atoms with E-state index in [1.54, 1.807) is 6.92 Å². The molecule has 0 aliphatic heterocycles. The Labute approximate surface area is 84.5 Å². The van der Waals surface area contributed by atoms with Crippen molar-refractivity contribution in [3.05, 3.63) is 29.8 Å². The molecular weight excluding hydrogens is 176 g/mol. The van der Waals surface area contributed by atoms with E-state index in [1.807, 2.05) is 24.3 Å². The molecule has 0 heterocycles. The predicted octanol–water partition coefficient (Wildman–Crippen LogP) is 2.14. The summed E-state index contributed by atoms with van der Waals surface area (Å²) in [6.07, 6.45) is 5.27. The van der Waals surface area contributed by atoms with E-state index in [2.05, 4.69) is 5.92 Å². The number of hydrogen-bond acceptors (Lipinski definition) is 2. The van der Waals surface area contributed by atoms with Crippen LogP contribution in [0.4, 0.5) is 0 Å². The lowest BCUT2D eigenvalue weighted by atomic mass is 10.1. The van der Waals surface area contributed by atoms with Crippen molar-refractivity contribution >= 4 is 0 Å². The van der Waals surface area contributed by atoms with Crippen LogP contribution >= 0.6 is 0 Å². The second-order valence-corrected chi connectivity index (χ2v) is 3.05. The minimum Gasteiger partial charge on any atom is -0.493 e. The maximum atomic E-state index is 9.26. The van der Waals surface area contributed by atoms with E-state index in [0.29, 0.717) is 13.0 Å². The third-order valence-electron chi connectivity index (χ3n) is 1.88. The molecule has 1 aromatic rings. The fourth-order valence-corrected chi connectivity index (χ4v) is 1.07. The summed E-state index contributed by atoms with van der Waals surface area (Å²) in [4.78, 5) is 0. The molecule has 0 radical (unpaired) electrons. The quantitative estimate of drug-likeness (QED) is 0.582. The van der Waals surface area contributed by atoms with Crippen LogP contribution in [0.2, 0.25) is 0 Å². The van der Waals surface area contributed by atoms with Crippen molar-refractivity contribution in [3.63, 3.8) is 0 Å². The summed E-state index contributed by atoms with van der Waals surface area (Å²) >= 11 is 0. The van der Waals surface area contributed by atoms with Gasteiger partial charge in [-0.15, -0.1) is 12.3 Å². The Kier molecular flexibility index (Phi) is 4.03. The molecule has 2 nitrogen and oxygen atoms in total. The minimum absolute atomic E-state index is 0.435. The molecule has 0 aliphatic carbocycles. The van der Waals surface area contributed by atoms with Crippen LogP contribution in [-0.4, -0.2) is 11.7 Å². The summed E-state index contributed by atoms with van der Waals surface area (Å²) in [6, 6.07) is 7.35. The fourth-order valence-electron chi connectivity index (χ4n) is 1.07. The van der Waals surface area contributed by atoms with Gasteiger partial charge in [-0.1, -0.05) is 12.1 Å². The van der Waals surface area contributed by atoms with E-state index < -0.39 is 6.10 Å². The Bertz CT molecular complexity index is 306. The lowest BCUT2D eigenvalue weighted by Gasteiger charge is -2.07. The number of ether oxygens (including phenoxy) is 1. The van der Waals surface area contributed by atoms with Crippen LogP contribution in [0.3, 0.4) is 0 Å². The third kappa shape index (κ3) is 3.12. The van der Waals surface area contributed by atoms with Crippen LogP contribution < -0.4 is 4.74 Å². The van der Waals surface area contributed by atoms with Gasteiger partial charge in [-0.25, -0.2) is 0 Å². The van der Waals surface area contributed by atoms with Crippen molar-refractivity contribution in [2.24, 2.45) is 0 Å². The molecule has 0 fully saturated rings. The molecule has 1 aromatic carbocycles. The van der Waals surface area contributed by atoms with Crippen LogP contribution in [0.15, 0.2) is 24.3 Å². The molecular formula is C12H14O2. The Morgan fingerprint density at radius 1 is 1.43 bits per heavy atom. The Balaban J connectivity index is 2.52. The van der Waals surface area contributed by atoms with E-state index in [0.717, 1.165) is 11.3 Å². The van der Waals surface area contributed by atoms with Crippen LogP contribution in [0.1, 0.15) is 25.0 Å². The first-order valence-corrected chi connectivity index (χ1v) is 4.58. The average molecular weight is 190 g/mol. The molecule has 0 amide bonds. The van der Waals surface area contributed by atoms with E-state index in [-0.39, 0.29) is 0 Å². The third-order valence-corrected chi connectivity index (χ3v) is 1.88. The number of rotatable bonds is 4. The maximum Gasteiger partial charge on any atom is 0.119 e. The Hall–Kier alpha value is -1.46. The summed E-state index contributed by atoms with van der Waals surface area (Å²) < 4.78 is 5.36. The second kappa shape index (κ2) is 5.31. The molecule has 0 saturated carbocycles. The highest BCUT2D eigenvalue weighted by Crippen LogP contribution is 2.17. The van der Waals surface area contributed by atoms with Crippen molar-refractivity contribution in [2.75, 3.05) is 6.61 Å². The number of aliphatic hydroxyl groups excluding tert-OH is 1. The maximum absolute atomic E-state index is 9.26. The monoisotopic (exact) mass is 190 g/mol. The van der Waals surface area contributed by atoms with Gasteiger partial charge in [0.05, 0.1) is 12.7 Å². The molecule has 74 valence electrons. The lowest BCUT2D eigenvalue weighted by Crippen LogP contribution is -1.96. The summed E-state index contributed by atoms with van der Waals surface area (Å²) in [7, 11) is 0. The van der Waals surface area contributed by atoms with Crippen LogP contribution in [-0.2, 0) is 0 Å². The van der Waals surface area contributed by atoms with Gasteiger partial charge in [-0.2, -0.15) is 0 Å². The molecule has 0 aromatic heterocycles. The molecule has 1 rings (SSSR count).